The number of imidazole rings is 1. The molecule has 2 aromatic rings. The quantitative estimate of drug-likeness (QED) is 0.824. The van der Waals surface area contributed by atoms with E-state index in [1.165, 1.54) is 22.9 Å². The lowest BCUT2D eigenvalue weighted by molar-refractivity contribution is -0.926. The van der Waals surface area contributed by atoms with Crippen molar-refractivity contribution in [2.75, 3.05) is 13.1 Å². The van der Waals surface area contributed by atoms with Crippen molar-refractivity contribution in [1.82, 2.24) is 18.7 Å². The van der Waals surface area contributed by atoms with Gasteiger partial charge in [-0.15, -0.1) is 0 Å². The number of nitrogens with zero attached hydrogens (tertiary/aromatic N) is 4. The number of aryl methyl sites for hydroxylation is 2. The van der Waals surface area contributed by atoms with Gasteiger partial charge in [-0.3, -0.25) is 13.9 Å². The fourth-order valence-electron chi connectivity index (χ4n) is 4.26. The number of aromatic nitrogens is 4. The minimum absolute atomic E-state index is 0.260. The Balaban J connectivity index is 2.09. The predicted molar refractivity (Wildman–Crippen MR) is 93.2 cm³/mol. The van der Waals surface area contributed by atoms with Crippen LogP contribution in [0.3, 0.4) is 0 Å². The third-order valence-electron chi connectivity index (χ3n) is 5.23. The summed E-state index contributed by atoms with van der Waals surface area (Å²) in [6, 6.07) is 0. The highest BCUT2D eigenvalue weighted by atomic mass is 16.2. The molecule has 1 unspecified atom stereocenters. The summed E-state index contributed by atoms with van der Waals surface area (Å²) in [5.41, 5.74) is 0.448. The first-order valence-corrected chi connectivity index (χ1v) is 8.82. The molecule has 0 aromatic carbocycles. The van der Waals surface area contributed by atoms with Crippen LogP contribution in [0.5, 0.6) is 0 Å². The van der Waals surface area contributed by atoms with Crippen molar-refractivity contribution in [3.8, 4) is 0 Å². The molecule has 1 aliphatic rings. The van der Waals surface area contributed by atoms with Gasteiger partial charge in [-0.1, -0.05) is 13.8 Å². The van der Waals surface area contributed by atoms with E-state index < -0.39 is 0 Å². The molecule has 0 bridgehead atoms. The molecular weight excluding hydrogens is 306 g/mol. The molecule has 3 atom stereocenters. The summed E-state index contributed by atoms with van der Waals surface area (Å²) in [7, 11) is 3.20. The SMILES string of the molecule is CCn1c(C[NH+]2C[C@H](C)C[C@H](C)C2)nc2c1c(=O)n(C)c(=O)n2C. The standard InChI is InChI=1S/C17H27N5O2/c1-6-22-13(10-21-8-11(2)7-12(3)9-21)18-15-14(22)16(23)20(5)17(24)19(15)4/h11-12H,6-10H2,1-5H3/p+1/t11-,12+. The van der Waals surface area contributed by atoms with Crippen molar-refractivity contribution >= 4 is 11.2 Å². The van der Waals surface area contributed by atoms with Crippen LogP contribution >= 0.6 is 0 Å². The second-order valence-corrected chi connectivity index (χ2v) is 7.43. The summed E-state index contributed by atoms with van der Waals surface area (Å²) in [4.78, 5) is 30.9. The van der Waals surface area contributed by atoms with E-state index in [1.807, 2.05) is 11.5 Å². The molecule has 2 aromatic heterocycles. The third-order valence-corrected chi connectivity index (χ3v) is 5.23. The molecule has 1 N–H and O–H groups in total. The summed E-state index contributed by atoms with van der Waals surface area (Å²) in [5, 5.41) is 0. The van der Waals surface area contributed by atoms with E-state index in [0.29, 0.717) is 29.5 Å². The second kappa shape index (κ2) is 6.20. The number of fused-ring (bicyclic) bond motifs is 1. The van der Waals surface area contributed by atoms with E-state index in [9.17, 15) is 9.59 Å². The molecule has 1 fully saturated rings. The van der Waals surface area contributed by atoms with Crippen molar-refractivity contribution in [2.24, 2.45) is 25.9 Å². The number of nitrogens with one attached hydrogen (secondary N) is 1. The molecule has 0 saturated carbocycles. The van der Waals surface area contributed by atoms with Crippen LogP contribution in [0, 0.1) is 11.8 Å². The van der Waals surface area contributed by atoms with Crippen LogP contribution in [-0.2, 0) is 27.2 Å². The largest absolute Gasteiger partial charge is 0.332 e. The maximum Gasteiger partial charge on any atom is 0.332 e. The molecule has 1 saturated heterocycles. The van der Waals surface area contributed by atoms with Gasteiger partial charge in [0.05, 0.1) is 13.1 Å². The zero-order valence-electron chi connectivity index (χ0n) is 15.3. The van der Waals surface area contributed by atoms with Gasteiger partial charge in [0.15, 0.2) is 17.0 Å². The lowest BCUT2D eigenvalue weighted by Crippen LogP contribution is -3.13. The maximum atomic E-state index is 12.6. The van der Waals surface area contributed by atoms with Crippen molar-refractivity contribution < 1.29 is 4.90 Å². The Bertz CT molecular complexity index is 866. The van der Waals surface area contributed by atoms with Crippen LogP contribution in [0.15, 0.2) is 9.59 Å². The molecule has 0 aliphatic carbocycles. The van der Waals surface area contributed by atoms with Crippen LogP contribution in [-0.4, -0.2) is 31.8 Å². The van der Waals surface area contributed by atoms with Crippen LogP contribution in [0.25, 0.3) is 11.2 Å². The van der Waals surface area contributed by atoms with Gasteiger partial charge < -0.3 is 9.47 Å². The normalized spacial score (nSPS) is 24.6. The Labute approximate surface area is 141 Å². The number of rotatable bonds is 3. The number of piperidine rings is 1. The zero-order valence-corrected chi connectivity index (χ0v) is 15.3. The highest BCUT2D eigenvalue weighted by Crippen LogP contribution is 2.14. The van der Waals surface area contributed by atoms with Gasteiger partial charge in [-0.05, 0) is 13.3 Å². The Kier molecular flexibility index (Phi) is 4.38. The third kappa shape index (κ3) is 2.70. The van der Waals surface area contributed by atoms with Gasteiger partial charge in [0.25, 0.3) is 5.56 Å². The van der Waals surface area contributed by atoms with Crippen LogP contribution < -0.4 is 16.1 Å². The molecule has 24 heavy (non-hydrogen) atoms. The molecule has 7 nitrogen and oxygen atoms in total. The van der Waals surface area contributed by atoms with E-state index in [4.69, 9.17) is 0 Å². The number of hydrogen-bond donors (Lipinski definition) is 1. The summed E-state index contributed by atoms with van der Waals surface area (Å²) in [6.07, 6.45) is 1.28. The first-order valence-electron chi connectivity index (χ1n) is 8.82. The molecule has 3 rings (SSSR count). The minimum Gasteiger partial charge on any atom is -0.328 e. The Hall–Kier alpha value is -1.89. The predicted octanol–water partition coefficient (Wildman–Crippen LogP) is -0.486. The lowest BCUT2D eigenvalue weighted by Gasteiger charge is -2.31. The molecule has 1 aliphatic heterocycles. The first-order chi connectivity index (χ1) is 11.3. The van der Waals surface area contributed by atoms with E-state index in [2.05, 4.69) is 18.8 Å². The van der Waals surface area contributed by atoms with Gasteiger partial charge in [0.1, 0.15) is 6.54 Å². The highest BCUT2D eigenvalue weighted by Gasteiger charge is 2.27. The van der Waals surface area contributed by atoms with Crippen LogP contribution in [0.2, 0.25) is 0 Å². The Morgan fingerprint density at radius 3 is 2.33 bits per heavy atom. The van der Waals surface area contributed by atoms with Crippen LogP contribution in [0.1, 0.15) is 33.0 Å². The van der Waals surface area contributed by atoms with Crippen molar-refractivity contribution in [2.45, 2.75) is 40.3 Å². The van der Waals surface area contributed by atoms with Crippen molar-refractivity contribution in [3.05, 3.63) is 26.7 Å². The molecule has 0 amide bonds. The Morgan fingerprint density at radius 2 is 1.75 bits per heavy atom. The average molecular weight is 334 g/mol. The summed E-state index contributed by atoms with van der Waals surface area (Å²) in [6.45, 7) is 10.4. The summed E-state index contributed by atoms with van der Waals surface area (Å²) < 4.78 is 4.62. The van der Waals surface area contributed by atoms with Gasteiger partial charge in [0, 0.05) is 32.5 Å². The smallest absolute Gasteiger partial charge is 0.328 e. The van der Waals surface area contributed by atoms with Gasteiger partial charge >= 0.3 is 5.69 Å². The summed E-state index contributed by atoms with van der Waals surface area (Å²) in [5.74, 6) is 2.32. The maximum absolute atomic E-state index is 12.6. The number of quaternary nitrogens is 1. The van der Waals surface area contributed by atoms with E-state index in [1.54, 1.807) is 7.05 Å². The first kappa shape index (κ1) is 17.0. The van der Waals surface area contributed by atoms with E-state index in [-0.39, 0.29) is 11.2 Å². The fourth-order valence-corrected chi connectivity index (χ4v) is 4.26. The Morgan fingerprint density at radius 1 is 1.12 bits per heavy atom. The number of hydrogen-bond acceptors (Lipinski definition) is 3. The van der Waals surface area contributed by atoms with Crippen molar-refractivity contribution in [3.63, 3.8) is 0 Å². The zero-order chi connectivity index (χ0) is 17.6. The summed E-state index contributed by atoms with van der Waals surface area (Å²) >= 11 is 0. The van der Waals surface area contributed by atoms with Crippen LogP contribution in [0.4, 0.5) is 0 Å². The minimum atomic E-state index is -0.327. The van der Waals surface area contributed by atoms with E-state index >= 15 is 0 Å². The highest BCUT2D eigenvalue weighted by molar-refractivity contribution is 5.71. The van der Waals surface area contributed by atoms with Gasteiger partial charge in [-0.25, -0.2) is 9.78 Å². The molecule has 3 heterocycles. The topological polar surface area (TPSA) is 66.3 Å². The van der Waals surface area contributed by atoms with Crippen molar-refractivity contribution in [1.29, 1.82) is 0 Å². The molecule has 7 heteroatoms. The second-order valence-electron chi connectivity index (χ2n) is 7.43. The molecule has 0 radical (unpaired) electrons. The molecule has 0 spiro atoms. The fraction of sp³-hybridized carbons (Fsp3) is 0.706. The molecular formula is C17H28N5O2+. The lowest BCUT2D eigenvalue weighted by atomic mass is 9.92. The number of likely N-dealkylation sites (tertiary alicyclic amines) is 1. The van der Waals surface area contributed by atoms with Gasteiger partial charge in [-0.2, -0.15) is 0 Å². The molecule has 132 valence electrons. The monoisotopic (exact) mass is 334 g/mol. The average Bonchev–Trinajstić information content (AvgIpc) is 2.88. The van der Waals surface area contributed by atoms with E-state index in [0.717, 1.165) is 30.0 Å². The van der Waals surface area contributed by atoms with Gasteiger partial charge in [0.2, 0.25) is 0 Å².